The van der Waals surface area contributed by atoms with E-state index in [4.69, 9.17) is 10.5 Å². The average Bonchev–Trinajstić information content (AvgIpc) is 1.94. The predicted molar refractivity (Wildman–Crippen MR) is 38.5 cm³/mol. The normalized spacial score (nSPS) is 31.9. The lowest BCUT2D eigenvalue weighted by Gasteiger charge is -2.23. The second kappa shape index (κ2) is 2.98. The van der Waals surface area contributed by atoms with Crippen molar-refractivity contribution in [3.8, 4) is 0 Å². The smallest absolute Gasteiger partial charge is 0.255 e. The van der Waals surface area contributed by atoms with Crippen molar-refractivity contribution in [3.05, 3.63) is 22.3 Å². The molecule has 0 amide bonds. The molecule has 1 aliphatic heterocycles. The molecule has 11 heavy (non-hydrogen) atoms. The van der Waals surface area contributed by atoms with E-state index in [-0.39, 0.29) is 0 Å². The minimum absolute atomic E-state index is 0.328. The van der Waals surface area contributed by atoms with Crippen molar-refractivity contribution in [3.63, 3.8) is 0 Å². The number of ether oxygens (including phenoxy) is 1. The molecule has 2 atom stereocenters. The lowest BCUT2D eigenvalue weighted by atomic mass is 10.1. The third-order valence-electron chi connectivity index (χ3n) is 1.63. The van der Waals surface area contributed by atoms with Crippen molar-refractivity contribution in [2.24, 2.45) is 5.73 Å². The van der Waals surface area contributed by atoms with Gasteiger partial charge in [0.15, 0.2) is 6.23 Å². The molecule has 0 bridgehead atoms. The second-order valence-corrected chi connectivity index (χ2v) is 2.58. The van der Waals surface area contributed by atoms with Gasteiger partial charge in [-0.25, -0.2) is 0 Å². The highest BCUT2D eigenvalue weighted by Gasteiger charge is 2.33. The monoisotopic (exact) mass is 158 g/mol. The van der Waals surface area contributed by atoms with Gasteiger partial charge >= 0.3 is 0 Å². The molecule has 1 rings (SSSR count). The van der Waals surface area contributed by atoms with Crippen molar-refractivity contribution in [2.45, 2.75) is 18.7 Å². The number of hydrogen-bond donors (Lipinski definition) is 1. The summed E-state index contributed by atoms with van der Waals surface area (Å²) in [6.07, 6.45) is -0.454. The van der Waals surface area contributed by atoms with E-state index in [1.54, 1.807) is 0 Å². The van der Waals surface area contributed by atoms with Gasteiger partial charge in [0.25, 0.3) is 6.04 Å². The topological polar surface area (TPSA) is 78.4 Å². The fraction of sp³-hybridized carbons (Fsp3) is 0.667. The molecule has 62 valence electrons. The van der Waals surface area contributed by atoms with Gasteiger partial charge in [-0.3, -0.25) is 10.1 Å². The Bertz CT molecular complexity index is 192. The zero-order valence-electron chi connectivity index (χ0n) is 6.03. The van der Waals surface area contributed by atoms with E-state index < -0.39 is 17.2 Å². The van der Waals surface area contributed by atoms with Crippen LogP contribution in [0.15, 0.2) is 12.2 Å². The maximum atomic E-state index is 10.3. The van der Waals surface area contributed by atoms with Crippen molar-refractivity contribution in [1.82, 2.24) is 0 Å². The van der Waals surface area contributed by atoms with Crippen molar-refractivity contribution < 1.29 is 9.66 Å². The van der Waals surface area contributed by atoms with Crippen LogP contribution in [0.25, 0.3) is 0 Å². The third kappa shape index (κ3) is 1.75. The van der Waals surface area contributed by atoms with Crippen LogP contribution in [-0.2, 0) is 4.74 Å². The molecular weight excluding hydrogens is 148 g/mol. The highest BCUT2D eigenvalue weighted by molar-refractivity contribution is 5.00. The molecule has 1 unspecified atom stereocenters. The van der Waals surface area contributed by atoms with E-state index in [0.717, 1.165) is 5.57 Å². The Morgan fingerprint density at radius 1 is 1.82 bits per heavy atom. The number of nitro groups is 1. The summed E-state index contributed by atoms with van der Waals surface area (Å²) in [6.45, 7) is 3.94. The largest absolute Gasteiger partial charge is 0.352 e. The molecule has 1 saturated heterocycles. The molecule has 1 heterocycles. The zero-order chi connectivity index (χ0) is 8.43. The summed E-state index contributed by atoms with van der Waals surface area (Å²) in [7, 11) is 0. The predicted octanol–water partition coefficient (Wildman–Crippen LogP) is -0.107. The maximum absolute atomic E-state index is 10.3. The van der Waals surface area contributed by atoms with Crippen LogP contribution in [0.2, 0.25) is 0 Å². The average molecular weight is 158 g/mol. The van der Waals surface area contributed by atoms with Crippen LogP contribution in [0, 0.1) is 10.1 Å². The van der Waals surface area contributed by atoms with Gasteiger partial charge in [0, 0.05) is 11.3 Å². The first-order valence-electron chi connectivity index (χ1n) is 3.28. The summed E-state index contributed by atoms with van der Waals surface area (Å²) in [5.41, 5.74) is 6.07. The van der Waals surface area contributed by atoms with E-state index in [1.165, 1.54) is 0 Å². The fourth-order valence-electron chi connectivity index (χ4n) is 0.990. The van der Waals surface area contributed by atoms with E-state index in [2.05, 4.69) is 6.58 Å². The Morgan fingerprint density at radius 2 is 2.45 bits per heavy atom. The molecule has 0 aromatic heterocycles. The van der Waals surface area contributed by atoms with Gasteiger partial charge in [0.2, 0.25) is 0 Å². The highest BCUT2D eigenvalue weighted by Crippen LogP contribution is 2.16. The first-order chi connectivity index (χ1) is 5.11. The summed E-state index contributed by atoms with van der Waals surface area (Å²) in [4.78, 5) is 9.89. The molecular formula is C6H10N2O3. The fourth-order valence-corrected chi connectivity index (χ4v) is 0.990. The van der Waals surface area contributed by atoms with Gasteiger partial charge in [0.05, 0.1) is 6.61 Å². The molecule has 5 heteroatoms. The number of hydrogen-bond acceptors (Lipinski definition) is 4. The molecule has 0 spiro atoms. The van der Waals surface area contributed by atoms with Gasteiger partial charge in [-0.1, -0.05) is 6.58 Å². The van der Waals surface area contributed by atoms with Crippen LogP contribution in [0.4, 0.5) is 0 Å². The van der Waals surface area contributed by atoms with Gasteiger partial charge < -0.3 is 10.5 Å². The van der Waals surface area contributed by atoms with Crippen molar-refractivity contribution in [1.29, 1.82) is 0 Å². The van der Waals surface area contributed by atoms with Crippen LogP contribution in [0.3, 0.4) is 0 Å². The summed E-state index contributed by atoms with van der Waals surface area (Å²) in [6, 6.07) is -0.823. The lowest BCUT2D eigenvalue weighted by molar-refractivity contribution is -0.537. The van der Waals surface area contributed by atoms with Gasteiger partial charge in [0.1, 0.15) is 0 Å². The summed E-state index contributed by atoms with van der Waals surface area (Å²) < 4.78 is 4.90. The summed E-state index contributed by atoms with van der Waals surface area (Å²) in [5.74, 6) is 0. The molecule has 5 nitrogen and oxygen atoms in total. The quantitative estimate of drug-likeness (QED) is 0.328. The van der Waals surface area contributed by atoms with Gasteiger partial charge in [-0.15, -0.1) is 0 Å². The summed E-state index contributed by atoms with van der Waals surface area (Å²) >= 11 is 0. The van der Waals surface area contributed by atoms with E-state index in [0.29, 0.717) is 13.0 Å². The lowest BCUT2D eigenvalue weighted by Crippen LogP contribution is -2.46. The van der Waals surface area contributed by atoms with Gasteiger partial charge in [-0.2, -0.15) is 0 Å². The zero-order valence-corrected chi connectivity index (χ0v) is 6.03. The molecule has 0 saturated carbocycles. The van der Waals surface area contributed by atoms with E-state index in [1.807, 2.05) is 0 Å². The van der Waals surface area contributed by atoms with Crippen LogP contribution in [0.5, 0.6) is 0 Å². The summed E-state index contributed by atoms with van der Waals surface area (Å²) in [5, 5.41) is 10.3. The Kier molecular flexibility index (Phi) is 2.21. The standard InChI is InChI=1S/C6H10N2O3/c1-4-2-5(8(9)10)6(7)11-3-4/h5-6H,1-3,7H2/t5?,6-/m0/s1. The van der Waals surface area contributed by atoms with Gasteiger partial charge in [-0.05, 0) is 5.57 Å². The molecule has 0 aromatic rings. The first kappa shape index (κ1) is 8.16. The van der Waals surface area contributed by atoms with Crippen LogP contribution in [0.1, 0.15) is 6.42 Å². The van der Waals surface area contributed by atoms with Crippen LogP contribution >= 0.6 is 0 Å². The molecule has 1 fully saturated rings. The Hall–Kier alpha value is -0.940. The molecule has 0 aliphatic carbocycles. The minimum Gasteiger partial charge on any atom is -0.352 e. The second-order valence-electron chi connectivity index (χ2n) is 2.58. The van der Waals surface area contributed by atoms with Crippen LogP contribution < -0.4 is 5.73 Å². The SMILES string of the molecule is C=C1CO[C@H](N)C([N+](=O)[O-])C1. The third-order valence-corrected chi connectivity index (χ3v) is 1.63. The molecule has 2 N–H and O–H groups in total. The first-order valence-corrected chi connectivity index (χ1v) is 3.28. The van der Waals surface area contributed by atoms with Crippen LogP contribution in [-0.4, -0.2) is 23.8 Å². The Balaban J connectivity index is 2.61. The number of rotatable bonds is 1. The number of nitrogens with two attached hydrogens (primary N) is 1. The van der Waals surface area contributed by atoms with Crippen molar-refractivity contribution >= 4 is 0 Å². The molecule has 0 aromatic carbocycles. The molecule has 0 radical (unpaired) electrons. The molecule has 1 aliphatic rings. The Morgan fingerprint density at radius 3 is 2.91 bits per heavy atom. The maximum Gasteiger partial charge on any atom is 0.255 e. The minimum atomic E-state index is -0.823. The Labute approximate surface area is 64.0 Å². The number of nitrogens with zero attached hydrogens (tertiary/aromatic N) is 1. The highest BCUT2D eigenvalue weighted by atomic mass is 16.6. The van der Waals surface area contributed by atoms with Crippen molar-refractivity contribution in [2.75, 3.05) is 6.61 Å². The van der Waals surface area contributed by atoms with E-state index >= 15 is 0 Å². The van der Waals surface area contributed by atoms with E-state index in [9.17, 15) is 10.1 Å².